The van der Waals surface area contributed by atoms with Crippen molar-refractivity contribution in [3.8, 4) is 0 Å². The Bertz CT molecular complexity index is 358. The third kappa shape index (κ3) is 5.33. The molecule has 0 unspecified atom stereocenters. The third-order valence-electron chi connectivity index (χ3n) is 2.03. The topological polar surface area (TPSA) is 3.24 Å². The van der Waals surface area contributed by atoms with E-state index in [4.69, 9.17) is 0 Å². The zero-order valence-corrected chi connectivity index (χ0v) is 13.0. The van der Waals surface area contributed by atoms with Crippen LogP contribution in [0.15, 0.2) is 60.7 Å². The van der Waals surface area contributed by atoms with Gasteiger partial charge in [0, 0.05) is 0 Å². The van der Waals surface area contributed by atoms with Gasteiger partial charge in [-0.05, 0) is 0 Å². The number of para-hydroxylation sites is 2. The summed E-state index contributed by atoms with van der Waals surface area (Å²) in [5.41, 5.74) is 2.41. The molecule has 0 aliphatic rings. The van der Waals surface area contributed by atoms with Crippen molar-refractivity contribution in [3.63, 3.8) is 0 Å². The van der Waals surface area contributed by atoms with Crippen LogP contribution >= 0.6 is 37.2 Å². The molecule has 2 aromatic carbocycles. The van der Waals surface area contributed by atoms with E-state index in [0.717, 1.165) is 0 Å². The Balaban J connectivity index is 0. The minimum atomic E-state index is 0. The van der Waals surface area contributed by atoms with Gasteiger partial charge in [-0.25, -0.2) is 0 Å². The van der Waals surface area contributed by atoms with Crippen LogP contribution in [0.1, 0.15) is 0 Å². The summed E-state index contributed by atoms with van der Waals surface area (Å²) in [6.07, 6.45) is 0. The summed E-state index contributed by atoms with van der Waals surface area (Å²) in [6.45, 7) is 0. The molecule has 1 nitrogen and oxygen atoms in total. The number of anilines is 2. The van der Waals surface area contributed by atoms with Crippen molar-refractivity contribution in [2.45, 2.75) is 0 Å². The summed E-state index contributed by atoms with van der Waals surface area (Å²) >= 11 is 2.07. The van der Waals surface area contributed by atoms with Crippen molar-refractivity contribution >= 4 is 48.6 Å². The van der Waals surface area contributed by atoms with Gasteiger partial charge in [0.2, 0.25) is 0 Å². The van der Waals surface area contributed by atoms with Gasteiger partial charge >= 0.3 is 96.1 Å². The van der Waals surface area contributed by atoms with Gasteiger partial charge in [0.05, 0.1) is 0 Å². The number of nitrogens with zero attached hydrogens (tertiary/aromatic N) is 1. The second kappa shape index (κ2) is 9.81. The van der Waals surface area contributed by atoms with Crippen LogP contribution in [0.25, 0.3) is 0 Å². The van der Waals surface area contributed by atoms with Gasteiger partial charge in [0.25, 0.3) is 0 Å². The SMILES string of the molecule is Cl.Cl.Cl.[Ti][N](c1ccccc1)c1ccccc1. The van der Waals surface area contributed by atoms with Crippen LogP contribution in [0.4, 0.5) is 11.4 Å². The van der Waals surface area contributed by atoms with Gasteiger partial charge in [-0.2, -0.15) is 0 Å². The Labute approximate surface area is 133 Å². The van der Waals surface area contributed by atoms with Gasteiger partial charge in [0.15, 0.2) is 0 Å². The van der Waals surface area contributed by atoms with Crippen LogP contribution in [0.3, 0.4) is 0 Å². The zero-order valence-electron chi connectivity index (χ0n) is 8.95. The van der Waals surface area contributed by atoms with Crippen molar-refractivity contribution in [3.05, 3.63) is 60.7 Å². The standard InChI is InChI=1S/C12H10N.3ClH.Ti/c1-3-7-11(8-4-1)13-12-9-5-2-6-10-12;;;;/h1-10H;3*1H;/q-1;;;;+1. The maximum atomic E-state index is 2.17. The van der Waals surface area contributed by atoms with Crippen LogP contribution in [0, 0.1) is 0 Å². The number of hydrogen-bond donors (Lipinski definition) is 0. The molecule has 0 aromatic heterocycles. The fraction of sp³-hybridized carbons (Fsp3) is 0. The molecule has 2 aromatic rings. The minimum absolute atomic E-state index is 0. The van der Waals surface area contributed by atoms with E-state index in [1.807, 2.05) is 12.1 Å². The van der Waals surface area contributed by atoms with E-state index in [0.29, 0.717) is 0 Å². The molecular weight excluding hydrogens is 312 g/mol. The van der Waals surface area contributed by atoms with E-state index in [9.17, 15) is 0 Å². The van der Waals surface area contributed by atoms with Crippen molar-refractivity contribution in [1.82, 2.24) is 0 Å². The summed E-state index contributed by atoms with van der Waals surface area (Å²) < 4.78 is 2.17. The monoisotopic (exact) mass is 324 g/mol. The van der Waals surface area contributed by atoms with Gasteiger partial charge in [-0.15, -0.1) is 37.2 Å². The van der Waals surface area contributed by atoms with Crippen LogP contribution in [-0.4, -0.2) is 0 Å². The summed E-state index contributed by atoms with van der Waals surface area (Å²) in [5.74, 6) is 0. The maximum absolute atomic E-state index is 2.17. The average Bonchev–Trinajstić information content (AvgIpc) is 2.30. The summed E-state index contributed by atoms with van der Waals surface area (Å²) in [5, 5.41) is 0. The average molecular weight is 325 g/mol. The molecule has 17 heavy (non-hydrogen) atoms. The van der Waals surface area contributed by atoms with Crippen LogP contribution < -0.4 is 3.38 Å². The Kier molecular flexibility index (Phi) is 11.1. The fourth-order valence-corrected chi connectivity index (χ4v) is 1.77. The summed E-state index contributed by atoms with van der Waals surface area (Å²) in [6, 6.07) is 20.7. The first-order chi connectivity index (χ1) is 6.88. The molecule has 0 radical (unpaired) electrons. The number of benzene rings is 2. The van der Waals surface area contributed by atoms with E-state index in [1.54, 1.807) is 0 Å². The predicted molar refractivity (Wildman–Crippen MR) is 76.8 cm³/mol. The Morgan fingerprint density at radius 1 is 0.588 bits per heavy atom. The van der Waals surface area contributed by atoms with Crippen molar-refractivity contribution in [1.29, 1.82) is 0 Å². The molecule has 0 aliphatic carbocycles. The molecule has 0 saturated heterocycles. The van der Waals surface area contributed by atoms with Crippen LogP contribution in [0.2, 0.25) is 0 Å². The second-order valence-corrected chi connectivity index (χ2v) is 3.70. The van der Waals surface area contributed by atoms with Crippen molar-refractivity contribution in [2.24, 2.45) is 0 Å². The molecule has 0 saturated carbocycles. The molecule has 2 rings (SSSR count). The second-order valence-electron chi connectivity index (χ2n) is 3.01. The molecule has 0 spiro atoms. The van der Waals surface area contributed by atoms with Crippen molar-refractivity contribution in [2.75, 3.05) is 3.38 Å². The number of hydrogen-bond acceptors (Lipinski definition) is 1. The molecule has 0 heterocycles. The third-order valence-corrected chi connectivity index (χ3v) is 2.84. The molecule has 0 aliphatic heterocycles. The van der Waals surface area contributed by atoms with E-state index >= 15 is 0 Å². The molecule has 0 fully saturated rings. The first-order valence-corrected chi connectivity index (χ1v) is 5.19. The number of halogens is 3. The Morgan fingerprint density at radius 3 is 1.18 bits per heavy atom. The van der Waals surface area contributed by atoms with E-state index < -0.39 is 0 Å². The van der Waals surface area contributed by atoms with Gasteiger partial charge < -0.3 is 0 Å². The zero-order chi connectivity index (χ0) is 9.80. The molecule has 0 N–H and O–H groups in total. The van der Waals surface area contributed by atoms with Crippen LogP contribution in [-0.2, 0) is 20.7 Å². The molecule has 5 heteroatoms. The Hall–Kier alpha value is -0.176. The first kappa shape index (κ1) is 19.2. The van der Waals surface area contributed by atoms with Crippen molar-refractivity contribution < 1.29 is 20.7 Å². The molecular formula is C12H13Cl3NTi. The molecule has 0 amide bonds. The summed E-state index contributed by atoms with van der Waals surface area (Å²) in [7, 11) is 0. The normalized spacial score (nSPS) is 7.94. The predicted octanol–water partition coefficient (Wildman–Crippen LogP) is 4.55. The van der Waals surface area contributed by atoms with E-state index in [2.05, 4.69) is 72.6 Å². The Morgan fingerprint density at radius 2 is 0.882 bits per heavy atom. The number of rotatable bonds is 2. The quantitative estimate of drug-likeness (QED) is 0.732. The van der Waals surface area contributed by atoms with Gasteiger partial charge in [-0.1, -0.05) is 0 Å². The molecule has 91 valence electrons. The first-order valence-electron chi connectivity index (χ1n) is 4.49. The molecule has 0 bridgehead atoms. The summed E-state index contributed by atoms with van der Waals surface area (Å²) in [4.78, 5) is 0. The van der Waals surface area contributed by atoms with Gasteiger partial charge in [0.1, 0.15) is 0 Å². The fourth-order valence-electron chi connectivity index (χ4n) is 1.30. The van der Waals surface area contributed by atoms with E-state index in [1.165, 1.54) is 11.4 Å². The van der Waals surface area contributed by atoms with E-state index in [-0.39, 0.29) is 37.2 Å². The molecule has 0 atom stereocenters. The van der Waals surface area contributed by atoms with Gasteiger partial charge in [-0.3, -0.25) is 0 Å². The van der Waals surface area contributed by atoms with Crippen LogP contribution in [0.5, 0.6) is 0 Å².